The molecule has 0 saturated carbocycles. The number of anilines is 1. The van der Waals surface area contributed by atoms with Crippen molar-refractivity contribution in [3.05, 3.63) is 65.8 Å². The Morgan fingerprint density at radius 2 is 1.97 bits per heavy atom. The number of benzene rings is 2. The molecule has 0 bridgehead atoms. The lowest BCUT2D eigenvalue weighted by Crippen LogP contribution is -2.18. The van der Waals surface area contributed by atoms with Crippen LogP contribution in [0.25, 0.3) is 22.6 Å². The summed E-state index contributed by atoms with van der Waals surface area (Å²) in [7, 11) is 0. The number of hydrogen-bond donors (Lipinski definition) is 1. The van der Waals surface area contributed by atoms with Crippen molar-refractivity contribution in [1.29, 1.82) is 0 Å². The van der Waals surface area contributed by atoms with Crippen molar-refractivity contribution in [3.63, 3.8) is 0 Å². The lowest BCUT2D eigenvalue weighted by Gasteiger charge is -2.14. The van der Waals surface area contributed by atoms with Gasteiger partial charge in [-0.3, -0.25) is 9.36 Å². The summed E-state index contributed by atoms with van der Waals surface area (Å²) in [5.41, 5.74) is 2.59. The van der Waals surface area contributed by atoms with Gasteiger partial charge in [0.15, 0.2) is 16.1 Å². The average molecular weight is 496 g/mol. The van der Waals surface area contributed by atoms with E-state index in [1.54, 1.807) is 12.1 Å². The largest absolute Gasteiger partial charge is 0.376 e. The Hall–Kier alpha value is -3.08. The molecule has 10 heteroatoms. The maximum atomic E-state index is 13.4. The third-order valence-corrected chi connectivity index (χ3v) is 7.11. The number of rotatable bonds is 8. The number of ether oxygens (including phenoxy) is 1. The molecule has 1 saturated heterocycles. The van der Waals surface area contributed by atoms with Crippen molar-refractivity contribution in [1.82, 2.24) is 19.7 Å². The summed E-state index contributed by atoms with van der Waals surface area (Å²) < 4.78 is 21.2. The smallest absolute Gasteiger partial charge is 0.236 e. The summed E-state index contributed by atoms with van der Waals surface area (Å²) in [4.78, 5) is 17.1. The first-order chi connectivity index (χ1) is 16.7. The zero-order chi connectivity index (χ0) is 23.3. The molecule has 4 aromatic rings. The molecule has 1 atom stereocenters. The van der Waals surface area contributed by atoms with Crippen LogP contribution in [0.2, 0.25) is 0 Å². The van der Waals surface area contributed by atoms with E-state index in [1.807, 2.05) is 40.3 Å². The Morgan fingerprint density at radius 3 is 2.74 bits per heavy atom. The lowest BCUT2D eigenvalue weighted by molar-refractivity contribution is -0.113. The van der Waals surface area contributed by atoms with Crippen LogP contribution in [0.15, 0.2) is 65.1 Å². The molecular formula is C24H22FN5O2S2. The van der Waals surface area contributed by atoms with Gasteiger partial charge < -0.3 is 10.1 Å². The van der Waals surface area contributed by atoms with Crippen molar-refractivity contribution in [2.75, 3.05) is 17.7 Å². The van der Waals surface area contributed by atoms with Gasteiger partial charge in [-0.05, 0) is 37.1 Å². The fraction of sp³-hybridized carbons (Fsp3) is 0.250. The van der Waals surface area contributed by atoms with Gasteiger partial charge in [-0.1, -0.05) is 42.1 Å². The van der Waals surface area contributed by atoms with Gasteiger partial charge in [-0.25, -0.2) is 9.37 Å². The van der Waals surface area contributed by atoms with Gasteiger partial charge in [0.2, 0.25) is 5.91 Å². The Balaban J connectivity index is 1.27. The topological polar surface area (TPSA) is 81.9 Å². The van der Waals surface area contributed by atoms with E-state index < -0.39 is 0 Å². The highest BCUT2D eigenvalue weighted by Crippen LogP contribution is 2.28. The first-order valence-electron chi connectivity index (χ1n) is 10.9. The predicted octanol–water partition coefficient (Wildman–Crippen LogP) is 5.12. The van der Waals surface area contributed by atoms with Crippen LogP contribution < -0.4 is 5.32 Å². The molecule has 174 valence electrons. The molecule has 0 aliphatic carbocycles. The minimum Gasteiger partial charge on any atom is -0.376 e. The summed E-state index contributed by atoms with van der Waals surface area (Å²) in [5, 5.41) is 14.6. The van der Waals surface area contributed by atoms with Crippen molar-refractivity contribution >= 4 is 34.1 Å². The quantitative estimate of drug-likeness (QED) is 0.342. The molecule has 0 radical (unpaired) electrons. The molecule has 3 heterocycles. The van der Waals surface area contributed by atoms with Crippen LogP contribution in [0.3, 0.4) is 0 Å². The van der Waals surface area contributed by atoms with Gasteiger partial charge >= 0.3 is 0 Å². The lowest BCUT2D eigenvalue weighted by atomic mass is 10.2. The van der Waals surface area contributed by atoms with E-state index in [0.717, 1.165) is 36.3 Å². The Morgan fingerprint density at radius 1 is 1.15 bits per heavy atom. The van der Waals surface area contributed by atoms with Crippen molar-refractivity contribution < 1.29 is 13.9 Å². The molecule has 0 spiro atoms. The molecule has 1 aliphatic rings. The Bertz CT molecular complexity index is 1250. The summed E-state index contributed by atoms with van der Waals surface area (Å²) in [6.45, 7) is 1.32. The van der Waals surface area contributed by atoms with Gasteiger partial charge in [-0.2, -0.15) is 0 Å². The predicted molar refractivity (Wildman–Crippen MR) is 131 cm³/mol. The molecule has 0 unspecified atom stereocenters. The second kappa shape index (κ2) is 10.5. The van der Waals surface area contributed by atoms with E-state index in [4.69, 9.17) is 4.74 Å². The SMILES string of the molecule is O=C(CSc1nnc(-c2ccc(F)cc2)n1C[C@@H]1CCCO1)Nc1nc(-c2ccccc2)cs1. The third-order valence-electron chi connectivity index (χ3n) is 5.38. The van der Waals surface area contributed by atoms with Crippen LogP contribution in [0.1, 0.15) is 12.8 Å². The van der Waals surface area contributed by atoms with Gasteiger partial charge in [0.1, 0.15) is 5.82 Å². The first kappa shape index (κ1) is 22.7. The number of carbonyl (C=O) groups is 1. The summed E-state index contributed by atoms with van der Waals surface area (Å²) in [5.74, 6) is 0.311. The van der Waals surface area contributed by atoms with E-state index in [0.29, 0.717) is 22.7 Å². The van der Waals surface area contributed by atoms with Crippen LogP contribution in [0.5, 0.6) is 0 Å². The number of aromatic nitrogens is 4. The van der Waals surface area contributed by atoms with E-state index >= 15 is 0 Å². The van der Waals surface area contributed by atoms with Crippen molar-refractivity contribution in [2.45, 2.75) is 30.6 Å². The second-order valence-corrected chi connectivity index (χ2v) is 9.60. The van der Waals surface area contributed by atoms with Gasteiger partial charge in [0, 0.05) is 23.1 Å². The molecule has 1 amide bonds. The molecule has 1 fully saturated rings. The third kappa shape index (κ3) is 5.35. The summed E-state index contributed by atoms with van der Waals surface area (Å²) in [6, 6.07) is 16.0. The molecule has 1 aliphatic heterocycles. The molecule has 2 aromatic carbocycles. The van der Waals surface area contributed by atoms with Crippen LogP contribution in [0, 0.1) is 5.82 Å². The van der Waals surface area contributed by atoms with Crippen LogP contribution >= 0.6 is 23.1 Å². The van der Waals surface area contributed by atoms with E-state index in [1.165, 1.54) is 35.2 Å². The number of carbonyl (C=O) groups excluding carboxylic acids is 1. The van der Waals surface area contributed by atoms with Crippen molar-refractivity contribution in [2.24, 2.45) is 0 Å². The highest BCUT2D eigenvalue weighted by molar-refractivity contribution is 7.99. The fourth-order valence-corrected chi connectivity index (χ4v) is 5.21. The zero-order valence-corrected chi connectivity index (χ0v) is 19.8. The number of thiazole rings is 1. The number of amides is 1. The maximum Gasteiger partial charge on any atom is 0.236 e. The normalized spacial score (nSPS) is 15.5. The molecule has 7 nitrogen and oxygen atoms in total. The summed E-state index contributed by atoms with van der Waals surface area (Å²) in [6.07, 6.45) is 2.04. The number of halogens is 1. The van der Waals surface area contributed by atoms with Gasteiger partial charge in [0.05, 0.1) is 24.1 Å². The van der Waals surface area contributed by atoms with Crippen LogP contribution in [-0.4, -0.2) is 44.1 Å². The number of nitrogens with one attached hydrogen (secondary N) is 1. The number of hydrogen-bond acceptors (Lipinski definition) is 7. The standard InChI is InChI=1S/C24H22FN5O2S2/c25-18-10-8-17(9-11-18)22-28-29-24(30(22)13-19-7-4-12-32-19)34-15-21(31)27-23-26-20(14-33-23)16-5-2-1-3-6-16/h1-3,5-6,8-11,14,19H,4,7,12-13,15H2,(H,26,27,31)/t19-/m0/s1. The molecule has 1 N–H and O–H groups in total. The van der Waals surface area contributed by atoms with Gasteiger partial charge in [-0.15, -0.1) is 21.5 Å². The maximum absolute atomic E-state index is 13.4. The monoisotopic (exact) mass is 495 g/mol. The van der Waals surface area contributed by atoms with Crippen LogP contribution in [0.4, 0.5) is 9.52 Å². The molecule has 5 rings (SSSR count). The van der Waals surface area contributed by atoms with Crippen LogP contribution in [-0.2, 0) is 16.1 Å². The highest BCUT2D eigenvalue weighted by Gasteiger charge is 2.22. The van der Waals surface area contributed by atoms with E-state index in [-0.39, 0.29) is 23.6 Å². The highest BCUT2D eigenvalue weighted by atomic mass is 32.2. The zero-order valence-electron chi connectivity index (χ0n) is 18.2. The van der Waals surface area contributed by atoms with Gasteiger partial charge in [0.25, 0.3) is 0 Å². The minimum absolute atomic E-state index is 0.0649. The Labute approximate surface area is 204 Å². The van der Waals surface area contributed by atoms with E-state index in [2.05, 4.69) is 20.5 Å². The fourth-order valence-electron chi connectivity index (χ4n) is 3.72. The van der Waals surface area contributed by atoms with Crippen molar-refractivity contribution in [3.8, 4) is 22.6 Å². The number of thioether (sulfide) groups is 1. The average Bonchev–Trinajstić information content (AvgIpc) is 3.61. The Kier molecular flexibility index (Phi) is 6.98. The first-order valence-corrected chi connectivity index (χ1v) is 12.8. The van der Waals surface area contributed by atoms with E-state index in [9.17, 15) is 9.18 Å². The second-order valence-electron chi connectivity index (χ2n) is 7.80. The molecule has 34 heavy (non-hydrogen) atoms. The summed E-state index contributed by atoms with van der Waals surface area (Å²) >= 11 is 2.69. The minimum atomic E-state index is -0.308. The molecule has 2 aromatic heterocycles. The number of nitrogens with zero attached hydrogens (tertiary/aromatic N) is 4. The molecular weight excluding hydrogens is 473 g/mol.